The highest BCUT2D eigenvalue weighted by Gasteiger charge is 2.45. The third kappa shape index (κ3) is 2.24. The van der Waals surface area contributed by atoms with Gasteiger partial charge in [0.05, 0.1) is 0 Å². The molecule has 0 saturated carbocycles. The molecule has 2 N–H and O–H groups in total. The normalized spacial score (nSPS) is 16.6. The number of carboxylic acids is 2. The Morgan fingerprint density at radius 2 is 1.95 bits per heavy atom. The lowest BCUT2D eigenvalue weighted by Crippen LogP contribution is -2.52. The third-order valence-corrected chi connectivity index (χ3v) is 3.70. The second kappa shape index (κ2) is 4.96. The number of amides is 1. The molecule has 0 saturated heterocycles. The van der Waals surface area contributed by atoms with Crippen LogP contribution in [0.5, 0.6) is 0 Å². The van der Waals surface area contributed by atoms with Gasteiger partial charge in [0, 0.05) is 18.5 Å². The maximum absolute atomic E-state index is 12.3. The highest BCUT2D eigenvalue weighted by Crippen LogP contribution is 2.32. The van der Waals surface area contributed by atoms with Gasteiger partial charge in [0.15, 0.2) is 0 Å². The van der Waals surface area contributed by atoms with E-state index in [1.807, 2.05) is 0 Å². The Labute approximate surface area is 115 Å². The first kappa shape index (κ1) is 14.0. The molecule has 1 aromatic carbocycles. The Balaban J connectivity index is 2.31. The van der Waals surface area contributed by atoms with Gasteiger partial charge in [0.25, 0.3) is 5.91 Å². The molecule has 0 aromatic heterocycles. The van der Waals surface area contributed by atoms with Gasteiger partial charge in [0.2, 0.25) is 0 Å². The molecule has 0 spiro atoms. The lowest BCUT2D eigenvalue weighted by atomic mass is 9.93. The van der Waals surface area contributed by atoms with Crippen molar-refractivity contribution in [1.29, 1.82) is 0 Å². The summed E-state index contributed by atoms with van der Waals surface area (Å²) in [7, 11) is 0. The predicted molar refractivity (Wildman–Crippen MR) is 69.2 cm³/mol. The van der Waals surface area contributed by atoms with Crippen molar-refractivity contribution in [2.75, 3.05) is 0 Å². The molecule has 20 heavy (non-hydrogen) atoms. The number of aliphatic carboxylic acids is 2. The molecular weight excluding hydrogens is 262 g/mol. The Morgan fingerprint density at radius 1 is 1.30 bits per heavy atom. The first-order valence-corrected chi connectivity index (χ1v) is 6.21. The van der Waals surface area contributed by atoms with E-state index in [-0.39, 0.29) is 25.3 Å². The zero-order valence-electron chi connectivity index (χ0n) is 11.0. The summed E-state index contributed by atoms with van der Waals surface area (Å²) in [6, 6.07) is 6.92. The molecule has 0 bridgehead atoms. The number of nitrogens with zero attached hydrogens (tertiary/aromatic N) is 1. The van der Waals surface area contributed by atoms with Crippen LogP contribution in [0.4, 0.5) is 0 Å². The fourth-order valence-electron chi connectivity index (χ4n) is 2.36. The van der Waals surface area contributed by atoms with Crippen molar-refractivity contribution < 1.29 is 24.6 Å². The molecule has 1 aliphatic heterocycles. The zero-order valence-corrected chi connectivity index (χ0v) is 11.0. The summed E-state index contributed by atoms with van der Waals surface area (Å²) in [6.07, 6.45) is -0.430. The van der Waals surface area contributed by atoms with Crippen LogP contribution in [0.2, 0.25) is 0 Å². The summed E-state index contributed by atoms with van der Waals surface area (Å²) in [5, 5.41) is 18.2. The zero-order chi connectivity index (χ0) is 14.9. The van der Waals surface area contributed by atoms with Crippen molar-refractivity contribution in [3.63, 3.8) is 0 Å². The SMILES string of the molecule is C[C@@](CCC(=O)O)(C(=O)O)N1Cc2ccccc2C1=O. The number of rotatable bonds is 5. The summed E-state index contributed by atoms with van der Waals surface area (Å²) in [4.78, 5) is 35.8. The molecule has 6 nitrogen and oxygen atoms in total. The quantitative estimate of drug-likeness (QED) is 0.847. The molecule has 1 heterocycles. The molecule has 0 aliphatic carbocycles. The van der Waals surface area contributed by atoms with Gasteiger partial charge in [-0.25, -0.2) is 4.79 Å². The van der Waals surface area contributed by atoms with Crippen LogP contribution >= 0.6 is 0 Å². The highest BCUT2D eigenvalue weighted by molar-refractivity contribution is 6.01. The van der Waals surface area contributed by atoms with Crippen molar-refractivity contribution in [2.45, 2.75) is 31.8 Å². The standard InChI is InChI=1S/C14H15NO5/c1-14(13(19)20,7-6-11(16)17)15-8-9-4-2-3-5-10(9)12(15)18/h2-5H,6-8H2,1H3,(H,16,17)(H,19,20)/t14-/m1/s1. The van der Waals surface area contributed by atoms with Gasteiger partial charge in [-0.15, -0.1) is 0 Å². The molecule has 1 atom stereocenters. The van der Waals surface area contributed by atoms with Crippen LogP contribution in [0.3, 0.4) is 0 Å². The average molecular weight is 277 g/mol. The summed E-state index contributed by atoms with van der Waals surface area (Å²) in [5.41, 5.74) is -0.273. The van der Waals surface area contributed by atoms with Crippen molar-refractivity contribution in [3.05, 3.63) is 35.4 Å². The lowest BCUT2D eigenvalue weighted by Gasteiger charge is -2.34. The van der Waals surface area contributed by atoms with Gasteiger partial charge in [0.1, 0.15) is 5.54 Å². The summed E-state index contributed by atoms with van der Waals surface area (Å²) < 4.78 is 0. The lowest BCUT2D eigenvalue weighted by molar-refractivity contribution is -0.150. The van der Waals surface area contributed by atoms with E-state index in [1.54, 1.807) is 24.3 Å². The van der Waals surface area contributed by atoms with Crippen LogP contribution in [-0.2, 0) is 16.1 Å². The number of fused-ring (bicyclic) bond motifs is 1. The number of hydrogen-bond acceptors (Lipinski definition) is 3. The average Bonchev–Trinajstić information content (AvgIpc) is 2.74. The first-order chi connectivity index (χ1) is 9.36. The largest absolute Gasteiger partial charge is 0.481 e. The van der Waals surface area contributed by atoms with Gasteiger partial charge < -0.3 is 15.1 Å². The maximum atomic E-state index is 12.3. The number of carboxylic acid groups (broad SMARTS) is 2. The van der Waals surface area contributed by atoms with Gasteiger partial charge in [-0.05, 0) is 25.0 Å². The van der Waals surface area contributed by atoms with Crippen LogP contribution in [0.25, 0.3) is 0 Å². The molecule has 0 unspecified atom stereocenters. The van der Waals surface area contributed by atoms with Crippen LogP contribution in [0.1, 0.15) is 35.7 Å². The van der Waals surface area contributed by atoms with E-state index in [0.29, 0.717) is 5.56 Å². The van der Waals surface area contributed by atoms with E-state index in [1.165, 1.54) is 11.8 Å². The minimum atomic E-state index is -1.52. The van der Waals surface area contributed by atoms with Gasteiger partial charge >= 0.3 is 11.9 Å². The van der Waals surface area contributed by atoms with Crippen molar-refractivity contribution in [1.82, 2.24) is 4.90 Å². The maximum Gasteiger partial charge on any atom is 0.329 e. The third-order valence-electron chi connectivity index (χ3n) is 3.70. The van der Waals surface area contributed by atoms with Crippen LogP contribution in [0.15, 0.2) is 24.3 Å². The Hall–Kier alpha value is -2.37. The fraction of sp³-hybridized carbons (Fsp3) is 0.357. The van der Waals surface area contributed by atoms with Crippen LogP contribution < -0.4 is 0 Å². The second-order valence-corrected chi connectivity index (χ2v) is 5.02. The molecule has 6 heteroatoms. The van der Waals surface area contributed by atoms with E-state index in [0.717, 1.165) is 5.56 Å². The number of benzene rings is 1. The van der Waals surface area contributed by atoms with Gasteiger partial charge in [-0.3, -0.25) is 9.59 Å². The minimum absolute atomic E-state index is 0.128. The minimum Gasteiger partial charge on any atom is -0.481 e. The van der Waals surface area contributed by atoms with E-state index in [9.17, 15) is 19.5 Å². The molecule has 1 amide bonds. The van der Waals surface area contributed by atoms with Gasteiger partial charge in [-0.2, -0.15) is 0 Å². The summed E-state index contributed by atoms with van der Waals surface area (Å²) in [6.45, 7) is 1.58. The van der Waals surface area contributed by atoms with Crippen molar-refractivity contribution in [3.8, 4) is 0 Å². The molecule has 106 valence electrons. The molecule has 0 radical (unpaired) electrons. The van der Waals surface area contributed by atoms with E-state index in [2.05, 4.69) is 0 Å². The number of hydrogen-bond donors (Lipinski definition) is 2. The molecule has 1 aliphatic rings. The number of carbonyl (C=O) groups excluding carboxylic acids is 1. The topological polar surface area (TPSA) is 94.9 Å². The summed E-state index contributed by atoms with van der Waals surface area (Å²) >= 11 is 0. The van der Waals surface area contributed by atoms with Crippen LogP contribution in [-0.4, -0.2) is 38.5 Å². The Morgan fingerprint density at radius 3 is 2.50 bits per heavy atom. The summed E-state index contributed by atoms with van der Waals surface area (Å²) in [5.74, 6) is -2.64. The highest BCUT2D eigenvalue weighted by atomic mass is 16.4. The fourth-order valence-corrected chi connectivity index (χ4v) is 2.36. The monoisotopic (exact) mass is 277 g/mol. The smallest absolute Gasteiger partial charge is 0.329 e. The van der Waals surface area contributed by atoms with E-state index < -0.39 is 17.5 Å². The van der Waals surface area contributed by atoms with Crippen molar-refractivity contribution in [2.24, 2.45) is 0 Å². The van der Waals surface area contributed by atoms with E-state index in [4.69, 9.17) is 5.11 Å². The molecule has 2 rings (SSSR count). The molecular formula is C14H15NO5. The van der Waals surface area contributed by atoms with Crippen LogP contribution in [0, 0.1) is 0 Å². The Kier molecular flexibility index (Phi) is 3.48. The Bertz CT molecular complexity index is 583. The molecule has 1 aromatic rings. The molecule has 0 fully saturated rings. The van der Waals surface area contributed by atoms with Gasteiger partial charge in [-0.1, -0.05) is 18.2 Å². The van der Waals surface area contributed by atoms with E-state index >= 15 is 0 Å². The first-order valence-electron chi connectivity index (χ1n) is 6.21. The second-order valence-electron chi connectivity index (χ2n) is 5.02. The van der Waals surface area contributed by atoms with Crippen molar-refractivity contribution >= 4 is 17.8 Å². The predicted octanol–water partition coefficient (Wildman–Crippen LogP) is 1.35. The number of carbonyl (C=O) groups is 3.